The summed E-state index contributed by atoms with van der Waals surface area (Å²) in [6.45, 7) is 2.87. The van der Waals surface area contributed by atoms with Gasteiger partial charge in [-0.05, 0) is 44.2 Å². The highest BCUT2D eigenvalue weighted by molar-refractivity contribution is 5.99. The van der Waals surface area contributed by atoms with Gasteiger partial charge in [-0.2, -0.15) is 0 Å². The summed E-state index contributed by atoms with van der Waals surface area (Å²) >= 11 is 0. The Morgan fingerprint density at radius 2 is 1.71 bits per heavy atom. The first-order valence-electron chi connectivity index (χ1n) is 7.28. The van der Waals surface area contributed by atoms with Gasteiger partial charge in [0.25, 0.3) is 5.91 Å². The zero-order valence-electron chi connectivity index (χ0n) is 13.3. The van der Waals surface area contributed by atoms with Gasteiger partial charge in [0.15, 0.2) is 11.9 Å². The topological polar surface area (TPSA) is 92.7 Å². The standard InChI is InChI=1S/C18H17NO5/c1-11(20)13-5-3-7-15(9-13)19-17(22)12(2)24-18(23)14-6-4-8-16(21)10-14/h3-10,12,21H,1-2H3,(H,19,22). The molecule has 2 rings (SSSR count). The summed E-state index contributed by atoms with van der Waals surface area (Å²) in [6, 6.07) is 12.1. The molecule has 0 heterocycles. The quantitative estimate of drug-likeness (QED) is 0.651. The molecule has 6 heteroatoms. The summed E-state index contributed by atoms with van der Waals surface area (Å²) in [6.07, 6.45) is -1.04. The van der Waals surface area contributed by atoms with Crippen LogP contribution in [0.1, 0.15) is 34.6 Å². The molecule has 0 spiro atoms. The van der Waals surface area contributed by atoms with Gasteiger partial charge in [-0.1, -0.05) is 18.2 Å². The predicted molar refractivity (Wildman–Crippen MR) is 88.1 cm³/mol. The maximum Gasteiger partial charge on any atom is 0.339 e. The smallest absolute Gasteiger partial charge is 0.339 e. The molecule has 0 aliphatic heterocycles. The number of anilines is 1. The first kappa shape index (κ1) is 17.2. The molecule has 6 nitrogen and oxygen atoms in total. The molecule has 0 aromatic heterocycles. The van der Waals surface area contributed by atoms with Gasteiger partial charge in [-0.25, -0.2) is 4.79 Å². The number of hydrogen-bond acceptors (Lipinski definition) is 5. The van der Waals surface area contributed by atoms with E-state index in [1.54, 1.807) is 24.3 Å². The van der Waals surface area contributed by atoms with Gasteiger partial charge >= 0.3 is 5.97 Å². The fourth-order valence-electron chi connectivity index (χ4n) is 1.97. The second kappa shape index (κ2) is 7.41. The van der Waals surface area contributed by atoms with Crippen molar-refractivity contribution in [2.24, 2.45) is 0 Å². The van der Waals surface area contributed by atoms with Crippen molar-refractivity contribution >= 4 is 23.3 Å². The molecule has 0 aliphatic rings. The lowest BCUT2D eigenvalue weighted by molar-refractivity contribution is -0.123. The molecule has 0 fully saturated rings. The number of amides is 1. The number of Topliss-reactive ketones (excluding diaryl/α,β-unsaturated/α-hetero) is 1. The number of phenols is 1. The van der Waals surface area contributed by atoms with Gasteiger partial charge in [0, 0.05) is 11.3 Å². The van der Waals surface area contributed by atoms with Crippen molar-refractivity contribution in [1.29, 1.82) is 0 Å². The Balaban J connectivity index is 2.01. The molecular formula is C18H17NO5. The monoisotopic (exact) mass is 327 g/mol. The molecule has 0 radical (unpaired) electrons. The van der Waals surface area contributed by atoms with Crippen LogP contribution >= 0.6 is 0 Å². The number of aromatic hydroxyl groups is 1. The number of nitrogens with one attached hydrogen (secondary N) is 1. The maximum absolute atomic E-state index is 12.1. The van der Waals surface area contributed by atoms with Crippen LogP contribution in [0.3, 0.4) is 0 Å². The molecule has 0 saturated heterocycles. The van der Waals surface area contributed by atoms with Crippen LogP contribution < -0.4 is 5.32 Å². The van der Waals surface area contributed by atoms with Gasteiger partial charge in [0.2, 0.25) is 0 Å². The molecule has 0 saturated carbocycles. The lowest BCUT2D eigenvalue weighted by Crippen LogP contribution is -2.30. The van der Waals surface area contributed by atoms with Gasteiger partial charge in [0.1, 0.15) is 5.75 Å². The second-order valence-electron chi connectivity index (χ2n) is 5.22. The Bertz CT molecular complexity index is 784. The number of ether oxygens (including phenoxy) is 1. The van der Waals surface area contributed by atoms with E-state index in [0.717, 1.165) is 0 Å². The third kappa shape index (κ3) is 4.42. The molecule has 1 atom stereocenters. The molecule has 1 unspecified atom stereocenters. The van der Waals surface area contributed by atoms with Gasteiger partial charge in [-0.3, -0.25) is 9.59 Å². The van der Waals surface area contributed by atoms with Crippen molar-refractivity contribution in [3.8, 4) is 5.75 Å². The third-order valence-electron chi connectivity index (χ3n) is 3.27. The summed E-state index contributed by atoms with van der Waals surface area (Å²) in [5.41, 5.74) is 1.05. The van der Waals surface area contributed by atoms with Gasteiger partial charge in [0.05, 0.1) is 5.56 Å². The first-order chi connectivity index (χ1) is 11.4. The number of esters is 1. The zero-order chi connectivity index (χ0) is 17.7. The van der Waals surface area contributed by atoms with E-state index in [2.05, 4.69) is 5.32 Å². The van der Waals surface area contributed by atoms with Crippen LogP contribution in [-0.4, -0.2) is 28.9 Å². The summed E-state index contributed by atoms with van der Waals surface area (Å²) in [5.74, 6) is -1.42. The number of phenolic OH excluding ortho intramolecular Hbond substituents is 1. The fourth-order valence-corrected chi connectivity index (χ4v) is 1.97. The van der Waals surface area contributed by atoms with Crippen LogP contribution in [0.15, 0.2) is 48.5 Å². The van der Waals surface area contributed by atoms with E-state index >= 15 is 0 Å². The summed E-state index contributed by atoms with van der Waals surface area (Å²) in [7, 11) is 0. The van der Waals surface area contributed by atoms with E-state index in [9.17, 15) is 19.5 Å². The summed E-state index contributed by atoms with van der Waals surface area (Å²) in [4.78, 5) is 35.4. The third-order valence-corrected chi connectivity index (χ3v) is 3.27. The zero-order valence-corrected chi connectivity index (χ0v) is 13.3. The van der Waals surface area contributed by atoms with Crippen molar-refractivity contribution in [1.82, 2.24) is 0 Å². The maximum atomic E-state index is 12.1. The minimum absolute atomic E-state index is 0.0670. The van der Waals surface area contributed by atoms with Crippen LogP contribution in [0.2, 0.25) is 0 Å². The van der Waals surface area contributed by atoms with Crippen LogP contribution in [0.25, 0.3) is 0 Å². The Morgan fingerprint density at radius 1 is 1.04 bits per heavy atom. The minimum atomic E-state index is -1.04. The van der Waals surface area contributed by atoms with E-state index in [0.29, 0.717) is 11.3 Å². The average Bonchev–Trinajstić information content (AvgIpc) is 2.54. The normalized spacial score (nSPS) is 11.4. The average molecular weight is 327 g/mol. The molecule has 2 N–H and O–H groups in total. The van der Waals surface area contributed by atoms with E-state index in [-0.39, 0.29) is 17.1 Å². The minimum Gasteiger partial charge on any atom is -0.508 e. The number of carbonyl (C=O) groups is 3. The van der Waals surface area contributed by atoms with Crippen molar-refractivity contribution in [3.63, 3.8) is 0 Å². The number of ketones is 1. The van der Waals surface area contributed by atoms with Crippen molar-refractivity contribution in [2.75, 3.05) is 5.32 Å². The highest BCUT2D eigenvalue weighted by atomic mass is 16.5. The highest BCUT2D eigenvalue weighted by Crippen LogP contribution is 2.14. The molecule has 24 heavy (non-hydrogen) atoms. The Kier molecular flexibility index (Phi) is 5.31. The lowest BCUT2D eigenvalue weighted by Gasteiger charge is -2.14. The predicted octanol–water partition coefficient (Wildman–Crippen LogP) is 2.78. The largest absolute Gasteiger partial charge is 0.508 e. The lowest BCUT2D eigenvalue weighted by atomic mass is 10.1. The van der Waals surface area contributed by atoms with Crippen LogP contribution in [-0.2, 0) is 9.53 Å². The number of hydrogen-bond donors (Lipinski definition) is 2. The van der Waals surface area contributed by atoms with E-state index in [4.69, 9.17) is 4.74 Å². The van der Waals surface area contributed by atoms with Crippen molar-refractivity contribution in [3.05, 3.63) is 59.7 Å². The number of carbonyl (C=O) groups excluding carboxylic acids is 3. The van der Waals surface area contributed by atoms with Crippen molar-refractivity contribution in [2.45, 2.75) is 20.0 Å². The van der Waals surface area contributed by atoms with Crippen LogP contribution in [0, 0.1) is 0 Å². The summed E-state index contributed by atoms with van der Waals surface area (Å²) in [5, 5.41) is 11.9. The molecule has 2 aromatic rings. The molecule has 0 aliphatic carbocycles. The second-order valence-corrected chi connectivity index (χ2v) is 5.22. The van der Waals surface area contributed by atoms with E-state index < -0.39 is 18.0 Å². The number of rotatable bonds is 5. The highest BCUT2D eigenvalue weighted by Gasteiger charge is 2.19. The first-order valence-corrected chi connectivity index (χ1v) is 7.28. The molecule has 1 amide bonds. The van der Waals surface area contributed by atoms with Gasteiger partial charge in [-0.15, -0.1) is 0 Å². The fraction of sp³-hybridized carbons (Fsp3) is 0.167. The van der Waals surface area contributed by atoms with Crippen LogP contribution in [0.5, 0.6) is 5.75 Å². The molecule has 124 valence electrons. The van der Waals surface area contributed by atoms with Crippen LogP contribution in [0.4, 0.5) is 5.69 Å². The van der Waals surface area contributed by atoms with Gasteiger partial charge < -0.3 is 15.2 Å². The number of benzene rings is 2. The van der Waals surface area contributed by atoms with Crippen molar-refractivity contribution < 1.29 is 24.2 Å². The SMILES string of the molecule is CC(=O)c1cccc(NC(=O)C(C)OC(=O)c2cccc(O)c2)c1. The Morgan fingerprint density at radius 3 is 2.38 bits per heavy atom. The molecule has 0 bridgehead atoms. The Hall–Kier alpha value is -3.15. The van der Waals surface area contributed by atoms with E-state index in [1.807, 2.05) is 0 Å². The molecular weight excluding hydrogens is 310 g/mol. The summed E-state index contributed by atoms with van der Waals surface area (Å²) < 4.78 is 5.07. The Labute approximate surface area is 139 Å². The molecule has 2 aromatic carbocycles. The van der Waals surface area contributed by atoms with E-state index in [1.165, 1.54) is 38.1 Å².